The molecule has 0 unspecified atom stereocenters. The first-order chi connectivity index (χ1) is 15.2. The topological polar surface area (TPSA) is 67.4 Å². The number of anilines is 2. The molecule has 166 valence electrons. The number of carbonyl (C=O) groups is 2. The zero-order chi connectivity index (χ0) is 23.1. The molecular weight excluding hydrogens is 468 g/mol. The summed E-state index contributed by atoms with van der Waals surface area (Å²) in [5.41, 5.74) is 3.34. The highest BCUT2D eigenvalue weighted by Gasteiger charge is 2.16. The molecule has 0 spiro atoms. The SMILES string of the molecule is CC(C)(C)c1ccc(OCC(=O)Nc2cccc(NC(=O)Cc3ccccc3)c2)c(Br)c1. The van der Waals surface area contributed by atoms with Gasteiger partial charge in [-0.15, -0.1) is 0 Å². The van der Waals surface area contributed by atoms with E-state index in [0.29, 0.717) is 17.1 Å². The first-order valence-electron chi connectivity index (χ1n) is 10.4. The molecule has 3 aromatic carbocycles. The Bertz CT molecular complexity index is 1090. The highest BCUT2D eigenvalue weighted by Crippen LogP contribution is 2.31. The zero-order valence-electron chi connectivity index (χ0n) is 18.4. The normalized spacial score (nSPS) is 11.0. The van der Waals surface area contributed by atoms with Gasteiger partial charge in [0.2, 0.25) is 5.91 Å². The minimum absolute atomic E-state index is 0.0277. The van der Waals surface area contributed by atoms with Gasteiger partial charge < -0.3 is 15.4 Å². The third-order valence-corrected chi connectivity index (χ3v) is 5.41. The van der Waals surface area contributed by atoms with Crippen molar-refractivity contribution in [3.8, 4) is 5.75 Å². The summed E-state index contributed by atoms with van der Waals surface area (Å²) < 4.78 is 6.48. The molecule has 2 amide bonds. The molecule has 0 aliphatic carbocycles. The van der Waals surface area contributed by atoms with Crippen molar-refractivity contribution >= 4 is 39.1 Å². The van der Waals surface area contributed by atoms with Gasteiger partial charge in [-0.1, -0.05) is 63.2 Å². The second-order valence-corrected chi connectivity index (χ2v) is 9.38. The van der Waals surface area contributed by atoms with Crippen molar-refractivity contribution in [2.45, 2.75) is 32.6 Å². The van der Waals surface area contributed by atoms with Crippen molar-refractivity contribution in [2.75, 3.05) is 17.2 Å². The predicted molar refractivity (Wildman–Crippen MR) is 132 cm³/mol. The molecule has 2 N–H and O–H groups in total. The molecule has 0 radical (unpaired) electrons. The molecule has 0 heterocycles. The van der Waals surface area contributed by atoms with Crippen molar-refractivity contribution in [3.63, 3.8) is 0 Å². The Balaban J connectivity index is 1.54. The number of halogens is 1. The van der Waals surface area contributed by atoms with Crippen LogP contribution in [0.15, 0.2) is 77.3 Å². The number of nitrogens with one attached hydrogen (secondary N) is 2. The fraction of sp³-hybridized carbons (Fsp3) is 0.231. The van der Waals surface area contributed by atoms with Crippen LogP contribution >= 0.6 is 15.9 Å². The second-order valence-electron chi connectivity index (χ2n) is 8.52. The first kappa shape index (κ1) is 23.5. The van der Waals surface area contributed by atoms with Crippen LogP contribution in [-0.4, -0.2) is 18.4 Å². The minimum Gasteiger partial charge on any atom is -0.483 e. The summed E-state index contributed by atoms with van der Waals surface area (Å²) >= 11 is 3.52. The van der Waals surface area contributed by atoms with Crippen molar-refractivity contribution < 1.29 is 14.3 Å². The Labute approximate surface area is 197 Å². The summed E-state index contributed by atoms with van der Waals surface area (Å²) in [4.78, 5) is 24.6. The van der Waals surface area contributed by atoms with Gasteiger partial charge in [-0.25, -0.2) is 0 Å². The lowest BCUT2D eigenvalue weighted by Gasteiger charge is -2.20. The van der Waals surface area contributed by atoms with E-state index in [4.69, 9.17) is 4.74 Å². The Hall–Kier alpha value is -3.12. The average molecular weight is 495 g/mol. The van der Waals surface area contributed by atoms with Crippen LogP contribution in [0.4, 0.5) is 11.4 Å². The van der Waals surface area contributed by atoms with E-state index in [2.05, 4.69) is 47.3 Å². The summed E-state index contributed by atoms with van der Waals surface area (Å²) in [5, 5.41) is 5.66. The maximum absolute atomic E-state index is 12.4. The number of carbonyl (C=O) groups excluding carboxylic acids is 2. The number of rotatable bonds is 7. The number of ether oxygens (including phenoxy) is 1. The van der Waals surface area contributed by atoms with Gasteiger partial charge in [0.25, 0.3) is 5.91 Å². The molecule has 0 aliphatic heterocycles. The molecule has 0 fully saturated rings. The zero-order valence-corrected chi connectivity index (χ0v) is 20.0. The van der Waals surface area contributed by atoms with E-state index in [9.17, 15) is 9.59 Å². The predicted octanol–water partition coefficient (Wildman–Crippen LogP) is 5.95. The van der Waals surface area contributed by atoms with Gasteiger partial charge in [-0.3, -0.25) is 9.59 Å². The first-order valence-corrected chi connectivity index (χ1v) is 11.2. The fourth-order valence-corrected chi connectivity index (χ4v) is 3.58. The van der Waals surface area contributed by atoms with Crippen molar-refractivity contribution in [3.05, 3.63) is 88.4 Å². The monoisotopic (exact) mass is 494 g/mol. The van der Waals surface area contributed by atoms with Crippen molar-refractivity contribution in [1.82, 2.24) is 0 Å². The molecule has 6 heteroatoms. The average Bonchev–Trinajstić information content (AvgIpc) is 2.73. The smallest absolute Gasteiger partial charge is 0.262 e. The third kappa shape index (κ3) is 6.95. The maximum Gasteiger partial charge on any atom is 0.262 e. The highest BCUT2D eigenvalue weighted by molar-refractivity contribution is 9.10. The van der Waals surface area contributed by atoms with Crippen LogP contribution in [0.25, 0.3) is 0 Å². The Morgan fingerprint density at radius 3 is 2.12 bits per heavy atom. The Morgan fingerprint density at radius 2 is 1.50 bits per heavy atom. The summed E-state index contributed by atoms with van der Waals surface area (Å²) in [6.07, 6.45) is 0.286. The molecule has 0 aromatic heterocycles. The molecular formula is C26H27BrN2O3. The molecule has 32 heavy (non-hydrogen) atoms. The largest absolute Gasteiger partial charge is 0.483 e. The van der Waals surface area contributed by atoms with E-state index >= 15 is 0 Å². The van der Waals surface area contributed by atoms with Gasteiger partial charge in [0, 0.05) is 11.4 Å². The lowest BCUT2D eigenvalue weighted by Crippen LogP contribution is -2.20. The Morgan fingerprint density at radius 1 is 0.844 bits per heavy atom. The van der Waals surface area contributed by atoms with E-state index in [1.807, 2.05) is 48.5 Å². The van der Waals surface area contributed by atoms with E-state index in [1.54, 1.807) is 24.3 Å². The fourth-order valence-electron chi connectivity index (χ4n) is 3.09. The quantitative estimate of drug-likeness (QED) is 0.426. The lowest BCUT2D eigenvalue weighted by molar-refractivity contribution is -0.118. The minimum atomic E-state index is -0.287. The van der Waals surface area contributed by atoms with E-state index in [1.165, 1.54) is 5.56 Å². The van der Waals surface area contributed by atoms with Crippen LogP contribution in [-0.2, 0) is 21.4 Å². The molecule has 0 atom stereocenters. The molecule has 0 saturated carbocycles. The van der Waals surface area contributed by atoms with Crippen molar-refractivity contribution in [1.29, 1.82) is 0 Å². The molecule has 0 bridgehead atoms. The van der Waals surface area contributed by atoms with Crippen LogP contribution < -0.4 is 15.4 Å². The van der Waals surface area contributed by atoms with Crippen molar-refractivity contribution in [2.24, 2.45) is 0 Å². The summed E-state index contributed by atoms with van der Waals surface area (Å²) in [6, 6.07) is 22.4. The van der Waals surface area contributed by atoms with Gasteiger partial charge in [0.15, 0.2) is 6.61 Å². The summed E-state index contributed by atoms with van der Waals surface area (Å²) in [6.45, 7) is 6.29. The highest BCUT2D eigenvalue weighted by atomic mass is 79.9. The van der Waals surface area contributed by atoms with Crippen LogP contribution in [0.1, 0.15) is 31.9 Å². The summed E-state index contributed by atoms with van der Waals surface area (Å²) in [7, 11) is 0. The maximum atomic E-state index is 12.4. The Kier molecular flexibility index (Phi) is 7.70. The molecule has 0 saturated heterocycles. The van der Waals surface area contributed by atoms with Gasteiger partial charge in [-0.05, 0) is 62.8 Å². The van der Waals surface area contributed by atoms with E-state index in [0.717, 1.165) is 10.0 Å². The molecule has 3 rings (SSSR count). The lowest BCUT2D eigenvalue weighted by atomic mass is 9.87. The third-order valence-electron chi connectivity index (χ3n) is 4.79. The van der Waals surface area contributed by atoms with Crippen LogP contribution in [0.2, 0.25) is 0 Å². The van der Waals surface area contributed by atoms with Gasteiger partial charge >= 0.3 is 0 Å². The molecule has 5 nitrogen and oxygen atoms in total. The second kappa shape index (κ2) is 10.5. The van der Waals surface area contributed by atoms with Gasteiger partial charge in [0.05, 0.1) is 10.9 Å². The van der Waals surface area contributed by atoms with Gasteiger partial charge in [0.1, 0.15) is 5.75 Å². The van der Waals surface area contributed by atoms with Crippen LogP contribution in [0.3, 0.4) is 0 Å². The van der Waals surface area contributed by atoms with E-state index < -0.39 is 0 Å². The number of hydrogen-bond acceptors (Lipinski definition) is 3. The van der Waals surface area contributed by atoms with Crippen LogP contribution in [0, 0.1) is 0 Å². The standard InChI is InChI=1S/C26H27BrN2O3/c1-26(2,3)19-12-13-23(22(27)15-19)32-17-25(31)29-21-11-7-10-20(16-21)28-24(30)14-18-8-5-4-6-9-18/h4-13,15-16H,14,17H2,1-3H3,(H,28,30)(H,29,31). The number of amides is 2. The summed E-state index contributed by atoms with van der Waals surface area (Å²) in [5.74, 6) is 0.200. The number of benzene rings is 3. The van der Waals surface area contributed by atoms with E-state index in [-0.39, 0.29) is 30.3 Å². The molecule has 3 aromatic rings. The van der Waals surface area contributed by atoms with Crippen LogP contribution in [0.5, 0.6) is 5.75 Å². The number of hydrogen-bond donors (Lipinski definition) is 2. The van der Waals surface area contributed by atoms with Gasteiger partial charge in [-0.2, -0.15) is 0 Å². The molecule has 0 aliphatic rings.